The lowest BCUT2D eigenvalue weighted by Crippen LogP contribution is -2.60. The van der Waals surface area contributed by atoms with Gasteiger partial charge in [0.15, 0.2) is 0 Å². The van der Waals surface area contributed by atoms with Crippen LogP contribution in [0.2, 0.25) is 0 Å². The molecular weight excluding hydrogens is 456 g/mol. The van der Waals surface area contributed by atoms with E-state index in [4.69, 9.17) is 14.2 Å². The minimum Gasteiger partial charge on any atom is -0.460 e. The van der Waals surface area contributed by atoms with Gasteiger partial charge in [-0.05, 0) is 31.0 Å². The predicted molar refractivity (Wildman–Crippen MR) is 114 cm³/mol. The fourth-order valence-electron chi connectivity index (χ4n) is 4.36. The third kappa shape index (κ3) is 5.19. The fourth-order valence-corrected chi connectivity index (χ4v) is 4.36. The number of rotatable bonds is 8. The first kappa shape index (κ1) is 24.8. The van der Waals surface area contributed by atoms with Crippen molar-refractivity contribution in [1.82, 2.24) is 4.57 Å². The molecule has 2 aliphatic rings. The average molecular weight is 485 g/mol. The third-order valence-electron chi connectivity index (χ3n) is 6.30. The van der Waals surface area contributed by atoms with Crippen molar-refractivity contribution in [3.8, 4) is 11.5 Å². The molecule has 34 heavy (non-hydrogen) atoms. The van der Waals surface area contributed by atoms with Crippen LogP contribution in [0.15, 0.2) is 30.5 Å². The van der Waals surface area contributed by atoms with E-state index in [9.17, 15) is 29.2 Å². The maximum absolute atomic E-state index is 12.5. The van der Waals surface area contributed by atoms with E-state index in [-0.39, 0.29) is 11.8 Å². The largest absolute Gasteiger partial charge is 0.460 e. The lowest BCUT2D eigenvalue weighted by atomic mass is 9.99. The summed E-state index contributed by atoms with van der Waals surface area (Å²) in [5.74, 6) is 0.440. The van der Waals surface area contributed by atoms with E-state index in [1.807, 2.05) is 11.5 Å². The van der Waals surface area contributed by atoms with Gasteiger partial charge in [-0.15, -0.1) is 0 Å². The quantitative estimate of drug-likeness (QED) is 0.439. The van der Waals surface area contributed by atoms with Gasteiger partial charge in [0.1, 0.15) is 35.9 Å². The Kier molecular flexibility index (Phi) is 7.70. The molecule has 3 heterocycles. The van der Waals surface area contributed by atoms with Crippen LogP contribution in [-0.4, -0.2) is 82.1 Å². The van der Waals surface area contributed by atoms with Gasteiger partial charge < -0.3 is 43.9 Å². The monoisotopic (exact) mass is 485 g/mol. The van der Waals surface area contributed by atoms with Gasteiger partial charge >= 0.3 is 6.61 Å². The van der Waals surface area contributed by atoms with Gasteiger partial charge in [0.05, 0.1) is 19.3 Å². The second-order valence-corrected chi connectivity index (χ2v) is 8.50. The maximum atomic E-state index is 12.5. The van der Waals surface area contributed by atoms with E-state index >= 15 is 0 Å². The predicted octanol–water partition coefficient (Wildman–Crippen LogP) is 1.13. The summed E-state index contributed by atoms with van der Waals surface area (Å²) in [6.45, 7) is -0.388. The first-order valence-corrected chi connectivity index (χ1v) is 11.1. The highest BCUT2D eigenvalue weighted by Crippen LogP contribution is 2.35. The van der Waals surface area contributed by atoms with E-state index in [0.717, 1.165) is 23.2 Å². The molecule has 6 atom stereocenters. The zero-order valence-corrected chi connectivity index (χ0v) is 18.6. The molecular formula is C23H29F2NO8. The molecule has 2 aromatic rings. The number of nitrogens with zero attached hydrogens (tertiary/aromatic N) is 1. The first-order chi connectivity index (χ1) is 16.3. The van der Waals surface area contributed by atoms with E-state index in [2.05, 4.69) is 4.74 Å². The molecule has 2 aliphatic heterocycles. The van der Waals surface area contributed by atoms with Crippen LogP contribution in [0, 0.1) is 6.92 Å². The van der Waals surface area contributed by atoms with Gasteiger partial charge in [0.25, 0.3) is 0 Å². The van der Waals surface area contributed by atoms with Crippen LogP contribution in [-0.2, 0) is 15.9 Å². The zero-order valence-electron chi connectivity index (χ0n) is 18.6. The van der Waals surface area contributed by atoms with Crippen LogP contribution in [0.25, 0.3) is 0 Å². The molecule has 4 rings (SSSR count). The number of hydrogen-bond donors (Lipinski definition) is 4. The molecule has 4 N–H and O–H groups in total. The van der Waals surface area contributed by atoms with Crippen molar-refractivity contribution in [2.45, 2.75) is 63.1 Å². The molecule has 2 saturated heterocycles. The van der Waals surface area contributed by atoms with Gasteiger partial charge in [-0.25, -0.2) is 0 Å². The molecule has 188 valence electrons. The summed E-state index contributed by atoms with van der Waals surface area (Å²) in [6, 6.07) is 6.34. The molecule has 0 amide bonds. The molecule has 0 spiro atoms. The molecule has 1 unspecified atom stereocenters. The molecule has 1 aromatic carbocycles. The fraction of sp³-hybridized carbons (Fsp3) is 0.565. The number of aliphatic hydroxyl groups excluding tert-OH is 4. The van der Waals surface area contributed by atoms with Crippen molar-refractivity contribution in [2.75, 3.05) is 19.8 Å². The molecule has 0 bridgehead atoms. The highest BCUT2D eigenvalue weighted by atomic mass is 19.3. The Hall–Kier alpha value is -2.28. The molecule has 1 aromatic heterocycles. The normalized spacial score (nSPS) is 29.5. The Morgan fingerprint density at radius 1 is 1.12 bits per heavy atom. The lowest BCUT2D eigenvalue weighted by Gasteiger charge is -2.39. The number of ether oxygens (including phenoxy) is 4. The summed E-state index contributed by atoms with van der Waals surface area (Å²) in [6.07, 6.45) is -4.05. The Morgan fingerprint density at radius 2 is 1.85 bits per heavy atom. The van der Waals surface area contributed by atoms with Crippen molar-refractivity contribution in [3.05, 3.63) is 47.3 Å². The molecule has 0 saturated carbocycles. The minimum absolute atomic E-state index is 0.0499. The summed E-state index contributed by atoms with van der Waals surface area (Å²) in [5.41, 5.74) is 2.47. The van der Waals surface area contributed by atoms with Crippen molar-refractivity contribution in [1.29, 1.82) is 0 Å². The van der Waals surface area contributed by atoms with E-state index in [0.29, 0.717) is 25.4 Å². The summed E-state index contributed by atoms with van der Waals surface area (Å²) in [5, 5.41) is 40.0. The maximum Gasteiger partial charge on any atom is 0.387 e. The van der Waals surface area contributed by atoms with Gasteiger partial charge in [0.2, 0.25) is 6.29 Å². The molecule has 0 aliphatic carbocycles. The minimum atomic E-state index is -2.91. The van der Waals surface area contributed by atoms with Crippen LogP contribution < -0.4 is 9.47 Å². The highest BCUT2D eigenvalue weighted by molar-refractivity contribution is 5.43. The standard InChI is InChI=1S/C23H29F2NO8/c1-12-16(8-13-2-4-15(5-3-13)32-23(24)25)17(9-26(12)14-6-7-31-11-14)33-22-21(30)20(29)19(28)18(10-27)34-22/h2-5,9,14,18-23,27-30H,6-8,10-11H2,1H3/t14?,18-,19-,20+,21-,22-/m1/s1. The Balaban J connectivity index is 1.61. The summed E-state index contributed by atoms with van der Waals surface area (Å²) < 4.78 is 48.3. The second-order valence-electron chi connectivity index (χ2n) is 8.50. The number of hydrogen-bond acceptors (Lipinski definition) is 8. The lowest BCUT2D eigenvalue weighted by molar-refractivity contribution is -0.277. The van der Waals surface area contributed by atoms with E-state index in [1.54, 1.807) is 18.3 Å². The third-order valence-corrected chi connectivity index (χ3v) is 6.30. The van der Waals surface area contributed by atoms with E-state index in [1.165, 1.54) is 12.1 Å². The van der Waals surface area contributed by atoms with Gasteiger partial charge in [-0.1, -0.05) is 12.1 Å². The summed E-state index contributed by atoms with van der Waals surface area (Å²) in [7, 11) is 0. The summed E-state index contributed by atoms with van der Waals surface area (Å²) >= 11 is 0. The van der Waals surface area contributed by atoms with Gasteiger partial charge in [0, 0.05) is 30.5 Å². The van der Waals surface area contributed by atoms with Gasteiger partial charge in [-0.2, -0.15) is 8.78 Å². The number of halogens is 2. The second kappa shape index (κ2) is 10.5. The van der Waals surface area contributed by atoms with E-state index < -0.39 is 43.9 Å². The molecule has 11 heteroatoms. The van der Waals surface area contributed by atoms with Crippen LogP contribution in [0.1, 0.15) is 29.3 Å². The zero-order chi connectivity index (χ0) is 24.4. The van der Waals surface area contributed by atoms with Crippen LogP contribution >= 0.6 is 0 Å². The molecule has 9 nitrogen and oxygen atoms in total. The summed E-state index contributed by atoms with van der Waals surface area (Å²) in [4.78, 5) is 0. The smallest absolute Gasteiger partial charge is 0.387 e. The van der Waals surface area contributed by atoms with Crippen LogP contribution in [0.4, 0.5) is 8.78 Å². The Bertz CT molecular complexity index is 945. The van der Waals surface area contributed by atoms with Crippen LogP contribution in [0.5, 0.6) is 11.5 Å². The van der Waals surface area contributed by atoms with Crippen molar-refractivity contribution >= 4 is 0 Å². The van der Waals surface area contributed by atoms with Gasteiger partial charge in [-0.3, -0.25) is 0 Å². The number of benzene rings is 1. The SMILES string of the molecule is Cc1c(Cc2ccc(OC(F)F)cc2)c(O[C@@H]2O[C@H](CO)[C@@H](O)[C@H](O)[C@H]2O)cn1C1CCOC1. The number of aromatic nitrogens is 1. The van der Waals surface area contributed by atoms with Crippen molar-refractivity contribution in [2.24, 2.45) is 0 Å². The Morgan fingerprint density at radius 3 is 2.47 bits per heavy atom. The highest BCUT2D eigenvalue weighted by Gasteiger charge is 2.45. The average Bonchev–Trinajstić information content (AvgIpc) is 3.44. The first-order valence-electron chi connectivity index (χ1n) is 11.1. The molecule has 2 fully saturated rings. The topological polar surface area (TPSA) is 123 Å². The van der Waals surface area contributed by atoms with Crippen LogP contribution in [0.3, 0.4) is 0 Å². The molecule has 0 radical (unpaired) electrons. The van der Waals surface area contributed by atoms with Crippen molar-refractivity contribution in [3.63, 3.8) is 0 Å². The number of aliphatic hydroxyl groups is 4. The number of alkyl halides is 2. The Labute approximate surface area is 195 Å². The van der Waals surface area contributed by atoms with Crippen molar-refractivity contribution < 1.29 is 48.2 Å².